The minimum atomic E-state index is -0.852. The van der Waals surface area contributed by atoms with Gasteiger partial charge < -0.3 is 9.47 Å². The molecule has 3 aromatic rings. The normalized spacial score (nSPS) is 11.8. The van der Waals surface area contributed by atoms with Gasteiger partial charge in [-0.1, -0.05) is 46.3 Å². The number of halogens is 1. The zero-order chi connectivity index (χ0) is 18.5. The molecular formula is C20H19BrN2O3. The number of methoxy groups -OCH3 is 1. The monoisotopic (exact) mass is 414 g/mol. The second-order valence-corrected chi connectivity index (χ2v) is 6.54. The van der Waals surface area contributed by atoms with Crippen LogP contribution in [-0.2, 0) is 16.1 Å². The van der Waals surface area contributed by atoms with Gasteiger partial charge in [-0.2, -0.15) is 5.10 Å². The zero-order valence-corrected chi connectivity index (χ0v) is 16.1. The Morgan fingerprint density at radius 2 is 1.96 bits per heavy atom. The number of nitrogens with zero attached hydrogens (tertiary/aromatic N) is 2. The van der Waals surface area contributed by atoms with Gasteiger partial charge >= 0.3 is 5.97 Å². The van der Waals surface area contributed by atoms with E-state index in [-0.39, 0.29) is 0 Å². The molecule has 0 saturated heterocycles. The van der Waals surface area contributed by atoms with E-state index in [1.54, 1.807) is 0 Å². The molecular weight excluding hydrogens is 396 g/mol. The molecule has 26 heavy (non-hydrogen) atoms. The van der Waals surface area contributed by atoms with Crippen molar-refractivity contribution >= 4 is 21.9 Å². The molecule has 0 amide bonds. The molecule has 0 spiro atoms. The molecule has 0 aliphatic rings. The molecule has 1 aromatic heterocycles. The third kappa shape index (κ3) is 3.96. The quantitative estimate of drug-likeness (QED) is 0.551. The maximum Gasteiger partial charge on any atom is 0.351 e. The highest BCUT2D eigenvalue weighted by molar-refractivity contribution is 9.10. The molecule has 134 valence electrons. The molecule has 0 fully saturated rings. The van der Waals surface area contributed by atoms with Gasteiger partial charge in [0.05, 0.1) is 12.8 Å². The smallest absolute Gasteiger partial charge is 0.351 e. The van der Waals surface area contributed by atoms with E-state index < -0.39 is 12.1 Å². The summed E-state index contributed by atoms with van der Waals surface area (Å²) in [5, 5.41) is 4.55. The molecule has 1 unspecified atom stereocenters. The van der Waals surface area contributed by atoms with Crippen LogP contribution in [0.4, 0.5) is 0 Å². The fraction of sp³-hybridized carbons (Fsp3) is 0.200. The third-order valence-corrected chi connectivity index (χ3v) is 4.44. The number of rotatable bonds is 6. The first-order chi connectivity index (χ1) is 12.6. The SMILES string of the molecule is CCn1ccc(-c2cc(Br)ccc2OC(C(=O)OC)c2ccccc2)n1. The van der Waals surface area contributed by atoms with Gasteiger partial charge in [-0.25, -0.2) is 4.79 Å². The van der Waals surface area contributed by atoms with Crippen LogP contribution in [0.5, 0.6) is 5.75 Å². The van der Waals surface area contributed by atoms with E-state index in [9.17, 15) is 4.79 Å². The van der Waals surface area contributed by atoms with Crippen LogP contribution in [0.2, 0.25) is 0 Å². The highest BCUT2D eigenvalue weighted by atomic mass is 79.9. The predicted molar refractivity (Wildman–Crippen MR) is 103 cm³/mol. The number of benzene rings is 2. The van der Waals surface area contributed by atoms with Crippen LogP contribution in [0.25, 0.3) is 11.3 Å². The lowest BCUT2D eigenvalue weighted by Gasteiger charge is -2.19. The Balaban J connectivity index is 2.01. The summed E-state index contributed by atoms with van der Waals surface area (Å²) in [6.45, 7) is 2.80. The van der Waals surface area contributed by atoms with E-state index in [4.69, 9.17) is 9.47 Å². The molecule has 1 heterocycles. The Morgan fingerprint density at radius 3 is 2.62 bits per heavy atom. The summed E-state index contributed by atoms with van der Waals surface area (Å²) < 4.78 is 13.8. The third-order valence-electron chi connectivity index (χ3n) is 3.94. The lowest BCUT2D eigenvalue weighted by Crippen LogP contribution is -2.20. The summed E-state index contributed by atoms with van der Waals surface area (Å²) >= 11 is 3.49. The minimum absolute atomic E-state index is 0.454. The molecule has 0 aliphatic carbocycles. The maximum absolute atomic E-state index is 12.3. The first-order valence-corrected chi connectivity index (χ1v) is 9.04. The molecule has 2 aromatic carbocycles. The van der Waals surface area contributed by atoms with Gasteiger partial charge in [-0.05, 0) is 31.2 Å². The molecule has 0 bridgehead atoms. The van der Waals surface area contributed by atoms with Crippen molar-refractivity contribution in [2.75, 3.05) is 7.11 Å². The van der Waals surface area contributed by atoms with Crippen LogP contribution < -0.4 is 4.74 Å². The summed E-state index contributed by atoms with van der Waals surface area (Å²) in [4.78, 5) is 12.3. The first kappa shape index (κ1) is 18.2. The van der Waals surface area contributed by atoms with E-state index in [2.05, 4.69) is 21.0 Å². The highest BCUT2D eigenvalue weighted by Gasteiger charge is 2.25. The number of hydrogen-bond acceptors (Lipinski definition) is 4. The Labute approximate surface area is 160 Å². The molecule has 6 heteroatoms. The Morgan fingerprint density at radius 1 is 1.19 bits per heavy atom. The number of ether oxygens (including phenoxy) is 2. The predicted octanol–water partition coefficient (Wildman–Crippen LogP) is 4.63. The van der Waals surface area contributed by atoms with E-state index >= 15 is 0 Å². The van der Waals surface area contributed by atoms with E-state index in [1.807, 2.05) is 72.4 Å². The largest absolute Gasteiger partial charge is 0.473 e. The van der Waals surface area contributed by atoms with Gasteiger partial charge in [-0.15, -0.1) is 0 Å². The van der Waals surface area contributed by atoms with Gasteiger partial charge in [0.1, 0.15) is 5.75 Å². The average Bonchev–Trinajstić information content (AvgIpc) is 3.16. The fourth-order valence-electron chi connectivity index (χ4n) is 2.60. The topological polar surface area (TPSA) is 53.4 Å². The number of carbonyl (C=O) groups excluding carboxylic acids is 1. The summed E-state index contributed by atoms with van der Waals surface area (Å²) in [5.74, 6) is 0.109. The van der Waals surface area contributed by atoms with Crippen molar-refractivity contribution in [2.24, 2.45) is 0 Å². The van der Waals surface area contributed by atoms with Crippen LogP contribution in [0.15, 0.2) is 65.3 Å². The Hall–Kier alpha value is -2.60. The number of esters is 1. The van der Waals surface area contributed by atoms with E-state index in [0.717, 1.165) is 27.8 Å². The average molecular weight is 415 g/mol. The second-order valence-electron chi connectivity index (χ2n) is 5.63. The summed E-state index contributed by atoms with van der Waals surface area (Å²) in [7, 11) is 1.35. The first-order valence-electron chi connectivity index (χ1n) is 8.25. The van der Waals surface area contributed by atoms with Crippen LogP contribution in [0.1, 0.15) is 18.6 Å². The van der Waals surface area contributed by atoms with Gasteiger partial charge in [-0.3, -0.25) is 4.68 Å². The van der Waals surface area contributed by atoms with Gasteiger partial charge in [0.15, 0.2) is 0 Å². The lowest BCUT2D eigenvalue weighted by molar-refractivity contribution is -0.149. The molecule has 5 nitrogen and oxygen atoms in total. The number of aryl methyl sites for hydroxylation is 1. The number of aromatic nitrogens is 2. The van der Waals surface area contributed by atoms with Crippen molar-refractivity contribution in [1.29, 1.82) is 0 Å². The van der Waals surface area contributed by atoms with Gasteiger partial charge in [0.25, 0.3) is 0 Å². The molecule has 0 saturated carbocycles. The molecule has 1 atom stereocenters. The molecule has 0 N–H and O–H groups in total. The molecule has 3 rings (SSSR count). The molecule has 0 aliphatic heterocycles. The van der Waals surface area contributed by atoms with Crippen molar-refractivity contribution in [2.45, 2.75) is 19.6 Å². The van der Waals surface area contributed by atoms with Crippen molar-refractivity contribution in [3.63, 3.8) is 0 Å². The summed E-state index contributed by atoms with van der Waals surface area (Å²) in [6.07, 6.45) is 1.06. The Bertz CT molecular complexity index is 893. The van der Waals surface area contributed by atoms with E-state index in [0.29, 0.717) is 5.75 Å². The summed E-state index contributed by atoms with van der Waals surface area (Å²) in [5.41, 5.74) is 2.31. The number of hydrogen-bond donors (Lipinski definition) is 0. The van der Waals surface area contributed by atoms with Gasteiger partial charge in [0, 0.05) is 28.3 Å². The lowest BCUT2D eigenvalue weighted by atomic mass is 10.1. The molecule has 0 radical (unpaired) electrons. The minimum Gasteiger partial charge on any atom is -0.473 e. The van der Waals surface area contributed by atoms with Crippen LogP contribution in [0.3, 0.4) is 0 Å². The van der Waals surface area contributed by atoms with E-state index in [1.165, 1.54) is 7.11 Å². The van der Waals surface area contributed by atoms with Crippen LogP contribution in [0, 0.1) is 0 Å². The van der Waals surface area contributed by atoms with Crippen molar-refractivity contribution in [3.8, 4) is 17.0 Å². The van der Waals surface area contributed by atoms with Crippen molar-refractivity contribution in [1.82, 2.24) is 9.78 Å². The van der Waals surface area contributed by atoms with Crippen LogP contribution in [-0.4, -0.2) is 22.9 Å². The van der Waals surface area contributed by atoms with Crippen molar-refractivity contribution < 1.29 is 14.3 Å². The standard InChI is InChI=1S/C20H19BrN2O3/c1-3-23-12-11-17(22-23)16-13-15(21)9-10-18(16)26-19(20(24)25-2)14-7-5-4-6-8-14/h4-13,19H,3H2,1-2H3. The van der Waals surface area contributed by atoms with Crippen molar-refractivity contribution in [3.05, 3.63) is 70.8 Å². The fourth-order valence-corrected chi connectivity index (χ4v) is 2.96. The van der Waals surface area contributed by atoms with Gasteiger partial charge in [0.2, 0.25) is 6.10 Å². The second kappa shape index (κ2) is 8.19. The maximum atomic E-state index is 12.3. The van der Waals surface area contributed by atoms with Crippen LogP contribution >= 0.6 is 15.9 Å². The highest BCUT2D eigenvalue weighted by Crippen LogP contribution is 2.35. The summed E-state index contributed by atoms with van der Waals surface area (Å²) in [6, 6.07) is 16.8. The zero-order valence-electron chi connectivity index (χ0n) is 14.6. The number of carbonyl (C=O) groups is 1. The Kier molecular flexibility index (Phi) is 5.73.